The van der Waals surface area contributed by atoms with Crippen molar-refractivity contribution in [2.75, 3.05) is 32.8 Å². The first kappa shape index (κ1) is 20.6. The number of benzene rings is 2. The van der Waals surface area contributed by atoms with E-state index >= 15 is 0 Å². The highest BCUT2D eigenvalue weighted by atomic mass is 16.5. The molecule has 0 atom stereocenters. The number of rotatable bonds is 8. The molecule has 2 aromatic carbocycles. The molecule has 158 valence electrons. The van der Waals surface area contributed by atoms with Crippen molar-refractivity contribution in [1.29, 1.82) is 0 Å². The van der Waals surface area contributed by atoms with Crippen molar-refractivity contribution in [3.63, 3.8) is 0 Å². The van der Waals surface area contributed by atoms with Gasteiger partial charge >= 0.3 is 0 Å². The van der Waals surface area contributed by atoms with Crippen molar-refractivity contribution in [2.24, 2.45) is 5.73 Å². The molecule has 1 aliphatic rings. The first-order chi connectivity index (χ1) is 14.7. The van der Waals surface area contributed by atoms with Gasteiger partial charge in [0, 0.05) is 61.3 Å². The zero-order chi connectivity index (χ0) is 20.9. The number of fused-ring (bicyclic) bond motifs is 3. The van der Waals surface area contributed by atoms with E-state index in [-0.39, 0.29) is 0 Å². The number of carbonyl (C=O) groups is 1. The van der Waals surface area contributed by atoms with Crippen LogP contribution in [0.2, 0.25) is 0 Å². The highest BCUT2D eigenvalue weighted by Gasteiger charge is 2.23. The topological polar surface area (TPSA) is 92.8 Å². The highest BCUT2D eigenvalue weighted by Crippen LogP contribution is 2.31. The van der Waals surface area contributed by atoms with E-state index in [2.05, 4.69) is 33.7 Å². The molecule has 0 fully saturated rings. The Labute approximate surface area is 176 Å². The summed E-state index contributed by atoms with van der Waals surface area (Å²) in [4.78, 5) is 14.0. The van der Waals surface area contributed by atoms with Gasteiger partial charge in [0.25, 0.3) is 5.91 Å². The normalized spacial score (nSPS) is 14.1. The highest BCUT2D eigenvalue weighted by molar-refractivity contribution is 5.93. The summed E-state index contributed by atoms with van der Waals surface area (Å²) in [6.45, 7) is 5.46. The molecule has 1 amide bonds. The number of nitrogens with zero attached hydrogens (tertiary/aromatic N) is 2. The Hall–Kier alpha value is -2.71. The Bertz CT molecular complexity index is 1010. The molecular formula is C23H28N4O3. The van der Waals surface area contributed by atoms with Gasteiger partial charge in [0.05, 0.1) is 13.2 Å². The van der Waals surface area contributed by atoms with E-state index in [9.17, 15) is 4.79 Å². The van der Waals surface area contributed by atoms with Crippen molar-refractivity contribution >= 4 is 16.8 Å². The number of carbonyl (C=O) groups excluding carboxylic acids is 1. The number of ether oxygens (including phenoxy) is 1. The molecule has 7 nitrogen and oxygen atoms in total. The molecule has 4 N–H and O–H groups in total. The van der Waals surface area contributed by atoms with E-state index in [0.29, 0.717) is 25.3 Å². The number of hydrogen-bond acceptors (Lipinski definition) is 5. The van der Waals surface area contributed by atoms with Crippen LogP contribution >= 0.6 is 0 Å². The molecule has 0 spiro atoms. The molecule has 1 aliphatic heterocycles. The number of amides is 1. The average molecular weight is 409 g/mol. The van der Waals surface area contributed by atoms with Crippen LogP contribution in [0.4, 0.5) is 0 Å². The van der Waals surface area contributed by atoms with Crippen LogP contribution in [0.5, 0.6) is 0 Å². The predicted octanol–water partition coefficient (Wildman–Crippen LogP) is 2.14. The maximum absolute atomic E-state index is 11.6. The van der Waals surface area contributed by atoms with Crippen molar-refractivity contribution in [3.8, 4) is 0 Å². The third kappa shape index (κ3) is 4.24. The first-order valence-corrected chi connectivity index (χ1v) is 10.3. The summed E-state index contributed by atoms with van der Waals surface area (Å²) in [6.07, 6.45) is 0.992. The van der Waals surface area contributed by atoms with Gasteiger partial charge in [-0.2, -0.15) is 0 Å². The van der Waals surface area contributed by atoms with Crippen molar-refractivity contribution in [1.82, 2.24) is 14.9 Å². The zero-order valence-electron chi connectivity index (χ0n) is 17.0. The molecule has 0 saturated carbocycles. The molecule has 0 aliphatic carbocycles. The Kier molecular flexibility index (Phi) is 6.44. The number of aromatic nitrogens is 1. The molecule has 0 saturated heterocycles. The van der Waals surface area contributed by atoms with E-state index in [4.69, 9.17) is 15.7 Å². The number of nitrogens with two attached hydrogens (primary N) is 1. The molecule has 7 heteroatoms. The number of para-hydroxylation sites is 1. The second-order valence-corrected chi connectivity index (χ2v) is 7.59. The van der Waals surface area contributed by atoms with Gasteiger partial charge in [0.2, 0.25) is 0 Å². The molecule has 30 heavy (non-hydrogen) atoms. The Morgan fingerprint density at radius 1 is 1.13 bits per heavy atom. The standard InChI is InChI=1S/C23H28N4O3/c24-10-13-30-14-12-26-11-9-22-20(16-26)19-3-1-2-4-21(19)27(22)15-17-5-7-18(8-6-17)23(28)25-29/h1-8,29H,9-16,24H2,(H,25,28). The van der Waals surface area contributed by atoms with E-state index in [1.165, 1.54) is 22.2 Å². The summed E-state index contributed by atoms with van der Waals surface area (Å²) in [6, 6.07) is 15.9. The number of nitrogens with one attached hydrogen (secondary N) is 1. The molecule has 0 bridgehead atoms. The van der Waals surface area contributed by atoms with E-state index < -0.39 is 5.91 Å². The summed E-state index contributed by atoms with van der Waals surface area (Å²) in [7, 11) is 0. The molecular weight excluding hydrogens is 380 g/mol. The maximum Gasteiger partial charge on any atom is 0.274 e. The third-order valence-corrected chi connectivity index (χ3v) is 5.71. The van der Waals surface area contributed by atoms with Crippen LogP contribution in [0.1, 0.15) is 27.2 Å². The van der Waals surface area contributed by atoms with Gasteiger partial charge in [-0.05, 0) is 29.3 Å². The van der Waals surface area contributed by atoms with Crippen LogP contribution in [0.3, 0.4) is 0 Å². The van der Waals surface area contributed by atoms with Gasteiger partial charge < -0.3 is 15.0 Å². The fourth-order valence-corrected chi connectivity index (χ4v) is 4.22. The smallest absolute Gasteiger partial charge is 0.274 e. The molecule has 0 radical (unpaired) electrons. The molecule has 2 heterocycles. The van der Waals surface area contributed by atoms with Gasteiger partial charge in [-0.25, -0.2) is 5.48 Å². The van der Waals surface area contributed by atoms with Gasteiger partial charge in [0.1, 0.15) is 0 Å². The average Bonchev–Trinajstić information content (AvgIpc) is 3.10. The largest absolute Gasteiger partial charge is 0.379 e. The second kappa shape index (κ2) is 9.40. The minimum Gasteiger partial charge on any atom is -0.379 e. The fourth-order valence-electron chi connectivity index (χ4n) is 4.22. The van der Waals surface area contributed by atoms with Gasteiger partial charge in [-0.3, -0.25) is 14.9 Å². The van der Waals surface area contributed by atoms with Gasteiger partial charge in [0.15, 0.2) is 0 Å². The SMILES string of the molecule is NCCOCCN1CCc2c(c3ccccc3n2Cc2ccc(C(=O)NO)cc2)C1. The van der Waals surface area contributed by atoms with E-state index in [1.807, 2.05) is 12.1 Å². The lowest BCUT2D eigenvalue weighted by atomic mass is 10.0. The van der Waals surface area contributed by atoms with Crippen molar-refractivity contribution < 1.29 is 14.7 Å². The lowest BCUT2D eigenvalue weighted by molar-refractivity contribution is 0.0706. The molecule has 0 unspecified atom stereocenters. The predicted molar refractivity (Wildman–Crippen MR) is 116 cm³/mol. The van der Waals surface area contributed by atoms with Gasteiger partial charge in [-0.15, -0.1) is 0 Å². The summed E-state index contributed by atoms with van der Waals surface area (Å²) in [5, 5.41) is 10.1. The minimum atomic E-state index is -0.499. The van der Waals surface area contributed by atoms with E-state index in [1.54, 1.807) is 17.6 Å². The van der Waals surface area contributed by atoms with Crippen LogP contribution in [0.15, 0.2) is 48.5 Å². The Morgan fingerprint density at radius 2 is 1.93 bits per heavy atom. The van der Waals surface area contributed by atoms with Crippen molar-refractivity contribution in [2.45, 2.75) is 19.5 Å². The Morgan fingerprint density at radius 3 is 2.70 bits per heavy atom. The first-order valence-electron chi connectivity index (χ1n) is 10.3. The zero-order valence-corrected chi connectivity index (χ0v) is 17.0. The van der Waals surface area contributed by atoms with Crippen LogP contribution in [0, 0.1) is 0 Å². The monoisotopic (exact) mass is 408 g/mol. The minimum absolute atomic E-state index is 0.438. The van der Waals surface area contributed by atoms with Crippen LogP contribution < -0.4 is 11.2 Å². The molecule has 4 rings (SSSR count). The van der Waals surface area contributed by atoms with Crippen molar-refractivity contribution in [3.05, 3.63) is 70.9 Å². The maximum atomic E-state index is 11.6. The molecule has 3 aromatic rings. The summed E-state index contributed by atoms with van der Waals surface area (Å²) < 4.78 is 7.96. The quantitative estimate of drug-likeness (QED) is 0.302. The summed E-state index contributed by atoms with van der Waals surface area (Å²) >= 11 is 0. The lowest BCUT2D eigenvalue weighted by Crippen LogP contribution is -2.34. The second-order valence-electron chi connectivity index (χ2n) is 7.59. The number of hydroxylamine groups is 1. The van der Waals surface area contributed by atoms with Gasteiger partial charge in [-0.1, -0.05) is 30.3 Å². The van der Waals surface area contributed by atoms with Crippen LogP contribution in [-0.4, -0.2) is 53.4 Å². The lowest BCUT2D eigenvalue weighted by Gasteiger charge is -2.28. The molecule has 1 aromatic heterocycles. The Balaban J connectivity index is 1.57. The summed E-state index contributed by atoms with van der Waals surface area (Å²) in [5.41, 5.74) is 12.7. The fraction of sp³-hybridized carbons (Fsp3) is 0.348. The van der Waals surface area contributed by atoms with E-state index in [0.717, 1.165) is 38.2 Å². The summed E-state index contributed by atoms with van der Waals surface area (Å²) in [5.74, 6) is -0.499. The number of hydrogen-bond donors (Lipinski definition) is 3. The third-order valence-electron chi connectivity index (χ3n) is 5.71. The van der Waals surface area contributed by atoms with Crippen LogP contribution in [0.25, 0.3) is 10.9 Å². The van der Waals surface area contributed by atoms with Crippen LogP contribution in [-0.2, 0) is 24.2 Å².